The lowest BCUT2D eigenvalue weighted by atomic mass is 9.73. The molecule has 0 aromatic heterocycles. The van der Waals surface area contributed by atoms with Gasteiger partial charge in [0.1, 0.15) is 23.2 Å². The van der Waals surface area contributed by atoms with Gasteiger partial charge in [0.2, 0.25) is 11.8 Å². The predicted molar refractivity (Wildman–Crippen MR) is 128 cm³/mol. The molecule has 5 atom stereocenters. The van der Waals surface area contributed by atoms with Gasteiger partial charge < -0.3 is 24.4 Å². The number of rotatable bonds is 4. The van der Waals surface area contributed by atoms with E-state index >= 15 is 0 Å². The first kappa shape index (κ1) is 24.5. The summed E-state index contributed by atoms with van der Waals surface area (Å²) in [6.45, 7) is 2.49. The lowest BCUT2D eigenvalue weighted by Gasteiger charge is -2.40. The summed E-state index contributed by atoms with van der Waals surface area (Å²) >= 11 is 0. The molecule has 0 radical (unpaired) electrons. The first-order chi connectivity index (χ1) is 17.0. The summed E-state index contributed by atoms with van der Waals surface area (Å²) < 4.78 is 12.6. The maximum absolute atomic E-state index is 14.2. The Hall–Kier alpha value is -2.19. The standard InChI is InChI=1S/C27H38N2O6/c1-2-26-13-8-3-4-9-18-34-25(33)21(26)20-23(31)29(16-17-30)22-24(32)28(19-11-6-5-7-12-19)15-10-14-27(20,22)35-26/h8,10,13-14,19-22,30H,2-7,9,11-12,15-18H2,1H3/b13-8-/t20-,21-,22?,26+,27-/m0/s1. The van der Waals surface area contributed by atoms with E-state index in [1.54, 1.807) is 0 Å². The maximum Gasteiger partial charge on any atom is 0.313 e. The maximum atomic E-state index is 14.2. The SMILES string of the molecule is CC[C@@]12/C=C\CCCCOC(=O)[C@@H]1[C@H]1C(=O)N(CCO)C3C(=O)N(C4CCCCC4)CC=C[C@@]31O2. The Labute approximate surface area is 207 Å². The number of hydrogen-bond acceptors (Lipinski definition) is 6. The third-order valence-electron chi connectivity index (χ3n) is 8.77. The van der Waals surface area contributed by atoms with Crippen LogP contribution in [0.5, 0.6) is 0 Å². The van der Waals surface area contributed by atoms with Gasteiger partial charge in [-0.1, -0.05) is 50.5 Å². The molecular formula is C27H38N2O6. The minimum Gasteiger partial charge on any atom is -0.465 e. The zero-order chi connectivity index (χ0) is 24.6. The molecule has 8 heteroatoms. The Bertz CT molecular complexity index is 911. The molecular weight excluding hydrogens is 448 g/mol. The number of likely N-dealkylation sites (tertiary alicyclic amines) is 1. The van der Waals surface area contributed by atoms with Crippen LogP contribution in [0.1, 0.15) is 64.7 Å². The van der Waals surface area contributed by atoms with Crippen molar-refractivity contribution < 1.29 is 29.0 Å². The van der Waals surface area contributed by atoms with Crippen molar-refractivity contribution in [3.8, 4) is 0 Å². The third-order valence-corrected chi connectivity index (χ3v) is 8.77. The first-order valence-electron chi connectivity index (χ1n) is 13.4. The van der Waals surface area contributed by atoms with Crippen molar-refractivity contribution >= 4 is 17.8 Å². The van der Waals surface area contributed by atoms with Crippen LogP contribution in [0.3, 0.4) is 0 Å². The highest BCUT2D eigenvalue weighted by atomic mass is 16.6. The van der Waals surface area contributed by atoms with Crippen LogP contribution in [0.25, 0.3) is 0 Å². The summed E-state index contributed by atoms with van der Waals surface area (Å²) in [5.41, 5.74) is -2.30. The Kier molecular flexibility index (Phi) is 6.79. The quantitative estimate of drug-likeness (QED) is 0.484. The summed E-state index contributed by atoms with van der Waals surface area (Å²) in [4.78, 5) is 45.1. The zero-order valence-corrected chi connectivity index (χ0v) is 20.7. The molecule has 4 heterocycles. The number of hydrogen-bond donors (Lipinski definition) is 1. The second kappa shape index (κ2) is 9.69. The Balaban J connectivity index is 1.62. The van der Waals surface area contributed by atoms with Gasteiger partial charge in [-0.25, -0.2) is 0 Å². The number of ether oxygens (including phenoxy) is 2. The van der Waals surface area contributed by atoms with Gasteiger partial charge in [-0.2, -0.15) is 0 Å². The fourth-order valence-corrected chi connectivity index (χ4v) is 7.12. The number of carbonyl (C=O) groups excluding carboxylic acids is 3. The molecule has 2 amide bonds. The average molecular weight is 487 g/mol. The molecule has 1 unspecified atom stereocenters. The van der Waals surface area contributed by atoms with Gasteiger partial charge in [-0.15, -0.1) is 0 Å². The molecule has 35 heavy (non-hydrogen) atoms. The predicted octanol–water partition coefficient (Wildman–Crippen LogP) is 2.35. The van der Waals surface area contributed by atoms with Crippen molar-refractivity contribution in [1.29, 1.82) is 0 Å². The number of aliphatic hydroxyl groups is 1. The van der Waals surface area contributed by atoms with Gasteiger partial charge in [-0.3, -0.25) is 14.4 Å². The lowest BCUT2D eigenvalue weighted by Crippen LogP contribution is -2.58. The zero-order valence-electron chi connectivity index (χ0n) is 20.7. The van der Waals surface area contributed by atoms with Crippen LogP contribution in [0.15, 0.2) is 24.3 Å². The Morgan fingerprint density at radius 2 is 1.80 bits per heavy atom. The molecule has 3 fully saturated rings. The topological polar surface area (TPSA) is 96.4 Å². The minimum absolute atomic E-state index is 0.0277. The molecule has 4 aliphatic heterocycles. The fourth-order valence-electron chi connectivity index (χ4n) is 7.12. The van der Waals surface area contributed by atoms with Crippen LogP contribution in [-0.4, -0.2) is 82.3 Å². The van der Waals surface area contributed by atoms with Crippen LogP contribution in [-0.2, 0) is 23.9 Å². The molecule has 1 aliphatic carbocycles. The number of allylic oxidation sites excluding steroid dienone is 1. The molecule has 5 aliphatic rings. The summed E-state index contributed by atoms with van der Waals surface area (Å²) in [6, 6.07) is -0.775. The highest BCUT2D eigenvalue weighted by Gasteiger charge is 2.75. The molecule has 0 bridgehead atoms. The van der Waals surface area contributed by atoms with Crippen LogP contribution in [0.2, 0.25) is 0 Å². The van der Waals surface area contributed by atoms with Gasteiger partial charge in [0.05, 0.1) is 19.1 Å². The van der Waals surface area contributed by atoms with E-state index in [0.717, 1.165) is 44.9 Å². The molecule has 0 aromatic carbocycles. The number of β-amino-alcohol motifs (C(OH)–C–C–N with tert-alkyl or cyclic N) is 1. The number of esters is 1. The van der Waals surface area contributed by atoms with Gasteiger partial charge in [-0.05, 0) is 38.5 Å². The van der Waals surface area contributed by atoms with E-state index in [4.69, 9.17) is 9.47 Å². The summed E-state index contributed by atoms with van der Waals surface area (Å²) in [5.74, 6) is -2.61. The first-order valence-corrected chi connectivity index (χ1v) is 13.4. The lowest BCUT2D eigenvalue weighted by molar-refractivity contribution is -0.162. The molecule has 192 valence electrons. The molecule has 8 nitrogen and oxygen atoms in total. The second-order valence-electron chi connectivity index (χ2n) is 10.6. The van der Waals surface area contributed by atoms with E-state index in [2.05, 4.69) is 0 Å². The highest BCUT2D eigenvalue weighted by Crippen LogP contribution is 2.58. The smallest absolute Gasteiger partial charge is 0.313 e. The summed E-state index contributed by atoms with van der Waals surface area (Å²) in [7, 11) is 0. The molecule has 1 spiro atoms. The van der Waals surface area contributed by atoms with Crippen LogP contribution in [0.4, 0.5) is 0 Å². The van der Waals surface area contributed by atoms with Crippen LogP contribution in [0, 0.1) is 11.8 Å². The number of amides is 2. The molecule has 1 N–H and O–H groups in total. The summed E-state index contributed by atoms with van der Waals surface area (Å²) in [5, 5.41) is 9.82. The number of fused-ring (bicyclic) bond motifs is 2. The average Bonchev–Trinajstić information content (AvgIpc) is 3.21. The van der Waals surface area contributed by atoms with E-state index in [1.807, 2.05) is 36.1 Å². The van der Waals surface area contributed by atoms with Crippen molar-refractivity contribution in [1.82, 2.24) is 9.80 Å². The van der Waals surface area contributed by atoms with Crippen molar-refractivity contribution in [2.75, 3.05) is 26.3 Å². The van der Waals surface area contributed by atoms with Crippen molar-refractivity contribution in [3.05, 3.63) is 24.3 Å². The van der Waals surface area contributed by atoms with Crippen LogP contribution >= 0.6 is 0 Å². The number of aliphatic hydroxyl groups excluding tert-OH is 1. The van der Waals surface area contributed by atoms with Crippen molar-refractivity contribution in [3.63, 3.8) is 0 Å². The Morgan fingerprint density at radius 3 is 2.54 bits per heavy atom. The highest BCUT2D eigenvalue weighted by molar-refractivity contribution is 5.99. The molecule has 5 rings (SSSR count). The third kappa shape index (κ3) is 3.84. The summed E-state index contributed by atoms with van der Waals surface area (Å²) in [6.07, 6.45) is 16.1. The monoisotopic (exact) mass is 486 g/mol. The van der Waals surface area contributed by atoms with Gasteiger partial charge in [0.25, 0.3) is 0 Å². The number of carbonyl (C=O) groups is 3. The largest absolute Gasteiger partial charge is 0.465 e. The minimum atomic E-state index is -1.27. The van der Waals surface area contributed by atoms with Crippen molar-refractivity contribution in [2.45, 2.75) is 88.0 Å². The fraction of sp³-hybridized carbons (Fsp3) is 0.741. The normalized spacial score (nSPS) is 39.0. The van der Waals surface area contributed by atoms with Gasteiger partial charge >= 0.3 is 5.97 Å². The number of nitrogens with zero attached hydrogens (tertiary/aromatic N) is 2. The number of cyclic esters (lactones) is 1. The van der Waals surface area contributed by atoms with E-state index in [9.17, 15) is 19.5 Å². The second-order valence-corrected chi connectivity index (χ2v) is 10.6. The van der Waals surface area contributed by atoms with E-state index in [0.29, 0.717) is 19.6 Å². The molecule has 1 saturated carbocycles. The van der Waals surface area contributed by atoms with E-state index in [1.165, 1.54) is 11.3 Å². The van der Waals surface area contributed by atoms with Gasteiger partial charge in [0.15, 0.2) is 0 Å². The van der Waals surface area contributed by atoms with Crippen LogP contribution < -0.4 is 0 Å². The molecule has 0 aromatic rings. The molecule has 2 saturated heterocycles. The van der Waals surface area contributed by atoms with Crippen molar-refractivity contribution in [2.24, 2.45) is 11.8 Å². The Morgan fingerprint density at radius 1 is 1.00 bits per heavy atom. The van der Waals surface area contributed by atoms with Gasteiger partial charge in [0, 0.05) is 19.1 Å². The van der Waals surface area contributed by atoms with E-state index in [-0.39, 0.29) is 31.0 Å². The van der Waals surface area contributed by atoms with E-state index < -0.39 is 35.0 Å².